The van der Waals surface area contributed by atoms with Crippen LogP contribution in [0.25, 0.3) is 11.3 Å². The van der Waals surface area contributed by atoms with Crippen molar-refractivity contribution in [2.24, 2.45) is 0 Å². The monoisotopic (exact) mass is 519 g/mol. The summed E-state index contributed by atoms with van der Waals surface area (Å²) < 4.78 is 16.7. The summed E-state index contributed by atoms with van der Waals surface area (Å²) in [6.07, 6.45) is 1.74. The Morgan fingerprint density at radius 2 is 1.89 bits per heavy atom. The van der Waals surface area contributed by atoms with Crippen molar-refractivity contribution in [1.29, 1.82) is 0 Å². The molecule has 182 valence electrons. The number of furan rings is 1. The number of aromatic nitrogens is 1. The van der Waals surface area contributed by atoms with E-state index >= 15 is 0 Å². The Hall–Kier alpha value is -3.88. The van der Waals surface area contributed by atoms with E-state index in [-0.39, 0.29) is 12.1 Å². The quantitative estimate of drug-likeness (QED) is 0.247. The highest BCUT2D eigenvalue weighted by Crippen LogP contribution is 2.44. The summed E-state index contributed by atoms with van der Waals surface area (Å²) in [5.74, 6) is 1.31. The maximum absolute atomic E-state index is 12.3. The molecule has 9 heteroatoms. The molecule has 2 aromatic carbocycles. The predicted octanol–water partition coefficient (Wildman–Crippen LogP) is 5.97. The topological polar surface area (TPSA) is 76.8 Å². The van der Waals surface area contributed by atoms with Gasteiger partial charge in [-0.15, -0.1) is 0 Å². The number of pyridine rings is 1. The summed E-state index contributed by atoms with van der Waals surface area (Å²) in [4.78, 5) is 18.9. The zero-order valence-corrected chi connectivity index (χ0v) is 21.0. The van der Waals surface area contributed by atoms with Gasteiger partial charge in [0.1, 0.15) is 23.3 Å². The van der Waals surface area contributed by atoms with Gasteiger partial charge in [-0.25, -0.2) is 4.79 Å². The highest BCUT2D eigenvalue weighted by molar-refractivity contribution is 7.80. The van der Waals surface area contributed by atoms with E-state index in [9.17, 15) is 4.79 Å². The number of carbonyl (C=O) groups is 1. The van der Waals surface area contributed by atoms with Crippen molar-refractivity contribution in [3.63, 3.8) is 0 Å². The van der Waals surface area contributed by atoms with Gasteiger partial charge in [-0.3, -0.25) is 4.98 Å². The number of hydrogen-bond acceptors (Lipinski definition) is 6. The Bertz CT molecular complexity index is 1430. The predicted molar refractivity (Wildman–Crippen MR) is 141 cm³/mol. The normalized spacial score (nSPS) is 17.1. The molecule has 0 amide bonds. The van der Waals surface area contributed by atoms with Crippen LogP contribution in [0.2, 0.25) is 5.02 Å². The van der Waals surface area contributed by atoms with Gasteiger partial charge in [-0.2, -0.15) is 0 Å². The fourth-order valence-corrected chi connectivity index (χ4v) is 4.97. The second-order valence-corrected chi connectivity index (χ2v) is 8.85. The maximum atomic E-state index is 12.3. The number of rotatable bonds is 6. The Labute approximate surface area is 218 Å². The van der Waals surface area contributed by atoms with Gasteiger partial charge in [-0.05, 0) is 60.7 Å². The number of nitrogens with zero attached hydrogens (tertiary/aromatic N) is 2. The lowest BCUT2D eigenvalue weighted by molar-refractivity contribution is 0.0601. The van der Waals surface area contributed by atoms with E-state index in [4.69, 9.17) is 37.7 Å². The van der Waals surface area contributed by atoms with Gasteiger partial charge in [0, 0.05) is 17.4 Å². The molecule has 0 radical (unpaired) electrons. The van der Waals surface area contributed by atoms with E-state index in [1.54, 1.807) is 37.6 Å². The lowest BCUT2D eigenvalue weighted by atomic mass is 10.0. The Morgan fingerprint density at radius 1 is 1.08 bits per heavy atom. The van der Waals surface area contributed by atoms with Gasteiger partial charge < -0.3 is 24.1 Å². The molecule has 1 N–H and O–H groups in total. The van der Waals surface area contributed by atoms with Crippen LogP contribution in [-0.2, 0) is 4.74 Å². The number of esters is 1. The van der Waals surface area contributed by atoms with Crippen LogP contribution >= 0.6 is 23.8 Å². The number of ether oxygens (including phenoxy) is 2. The van der Waals surface area contributed by atoms with Gasteiger partial charge in [0.05, 0.1) is 36.5 Å². The van der Waals surface area contributed by atoms with E-state index in [1.165, 1.54) is 7.11 Å². The summed E-state index contributed by atoms with van der Waals surface area (Å²) in [5.41, 5.74) is 2.63. The maximum Gasteiger partial charge on any atom is 0.338 e. The second-order valence-electron chi connectivity index (χ2n) is 8.05. The molecule has 0 unspecified atom stereocenters. The SMILES string of the molecule is COC(=O)c1ccccc1-c1ccc([C@@H]2[C@@H](c3ccccn3)NC(=S)N2c2ccc(OC)c(Cl)c2)o1. The molecule has 1 aliphatic rings. The molecule has 7 nitrogen and oxygen atoms in total. The standard InChI is InChI=1S/C27H22ClN3O4S/c1-33-22-11-10-16(15-19(22)28)31-25(24(30-27(31)36)20-9-5-6-14-29-20)23-13-12-21(35-23)17-7-3-4-8-18(17)26(32)34-2/h3-15,24-25H,1-2H3,(H,30,36)/t24-,25-/m1/s1. The van der Waals surface area contributed by atoms with Crippen LogP contribution < -0.4 is 15.0 Å². The minimum Gasteiger partial charge on any atom is -0.495 e. The number of anilines is 1. The summed E-state index contributed by atoms with van der Waals surface area (Å²) in [6.45, 7) is 0. The lowest BCUT2D eigenvalue weighted by Gasteiger charge is -2.26. The van der Waals surface area contributed by atoms with Crippen LogP contribution in [0.3, 0.4) is 0 Å². The molecule has 0 spiro atoms. The van der Waals surface area contributed by atoms with Crippen molar-refractivity contribution >= 4 is 40.6 Å². The first-order valence-corrected chi connectivity index (χ1v) is 11.9. The van der Waals surface area contributed by atoms with Gasteiger partial charge in [-0.1, -0.05) is 35.9 Å². The third kappa shape index (κ3) is 4.29. The molecule has 0 bridgehead atoms. The molecule has 36 heavy (non-hydrogen) atoms. The first-order chi connectivity index (χ1) is 17.5. The first kappa shape index (κ1) is 23.8. The van der Waals surface area contributed by atoms with Gasteiger partial charge >= 0.3 is 5.97 Å². The van der Waals surface area contributed by atoms with Crippen molar-refractivity contribution < 1.29 is 18.7 Å². The number of benzene rings is 2. The third-order valence-electron chi connectivity index (χ3n) is 6.03. The van der Waals surface area contributed by atoms with Crippen LogP contribution in [0, 0.1) is 0 Å². The molecule has 2 aromatic heterocycles. The summed E-state index contributed by atoms with van der Waals surface area (Å²) in [6, 6.07) is 21.4. The molecule has 5 rings (SSSR count). The molecule has 0 saturated carbocycles. The van der Waals surface area contributed by atoms with Crippen LogP contribution in [0.15, 0.2) is 83.4 Å². The van der Waals surface area contributed by atoms with Gasteiger partial charge in [0.25, 0.3) is 0 Å². The van der Waals surface area contributed by atoms with E-state index in [0.29, 0.717) is 38.5 Å². The lowest BCUT2D eigenvalue weighted by Crippen LogP contribution is -2.29. The van der Waals surface area contributed by atoms with Crippen LogP contribution in [0.4, 0.5) is 5.69 Å². The van der Waals surface area contributed by atoms with E-state index < -0.39 is 5.97 Å². The zero-order valence-electron chi connectivity index (χ0n) is 19.5. The molecule has 4 aromatic rings. The average Bonchev–Trinajstić information content (AvgIpc) is 3.53. The highest BCUT2D eigenvalue weighted by Gasteiger charge is 2.42. The third-order valence-corrected chi connectivity index (χ3v) is 6.64. The average molecular weight is 520 g/mol. The molecule has 1 aliphatic heterocycles. The van der Waals surface area contributed by atoms with Crippen molar-refractivity contribution in [3.8, 4) is 17.1 Å². The number of carbonyl (C=O) groups excluding carboxylic acids is 1. The molecule has 3 heterocycles. The molecular formula is C27H22ClN3O4S. The number of thiocarbonyl (C=S) groups is 1. The van der Waals surface area contributed by atoms with E-state index in [2.05, 4.69) is 10.3 Å². The Balaban J connectivity index is 1.61. The first-order valence-electron chi connectivity index (χ1n) is 11.1. The Kier molecular flexibility index (Phi) is 6.63. The largest absolute Gasteiger partial charge is 0.495 e. The molecule has 0 aliphatic carbocycles. The van der Waals surface area contributed by atoms with Gasteiger partial charge in [0.2, 0.25) is 0 Å². The zero-order chi connectivity index (χ0) is 25.2. The fraction of sp³-hybridized carbons (Fsp3) is 0.148. The molecule has 1 fully saturated rings. The number of halogens is 1. The number of methoxy groups -OCH3 is 2. The minimum atomic E-state index is -0.437. The van der Waals surface area contributed by atoms with Crippen molar-refractivity contribution in [3.05, 3.63) is 101 Å². The number of nitrogens with one attached hydrogen (secondary N) is 1. The Morgan fingerprint density at radius 3 is 2.61 bits per heavy atom. The minimum absolute atomic E-state index is 0.297. The number of hydrogen-bond donors (Lipinski definition) is 1. The highest BCUT2D eigenvalue weighted by atomic mass is 35.5. The molecule has 2 atom stereocenters. The summed E-state index contributed by atoms with van der Waals surface area (Å²) in [7, 11) is 2.92. The van der Waals surface area contributed by atoms with E-state index in [0.717, 1.165) is 11.4 Å². The fourth-order valence-electron chi connectivity index (χ4n) is 4.37. The molecule has 1 saturated heterocycles. The smallest absolute Gasteiger partial charge is 0.338 e. The van der Waals surface area contributed by atoms with Crippen LogP contribution in [-0.4, -0.2) is 30.3 Å². The van der Waals surface area contributed by atoms with Crippen molar-refractivity contribution in [2.45, 2.75) is 12.1 Å². The van der Waals surface area contributed by atoms with Gasteiger partial charge in [0.15, 0.2) is 5.11 Å². The second kappa shape index (κ2) is 10.0. The summed E-state index contributed by atoms with van der Waals surface area (Å²) in [5, 5.41) is 4.36. The van der Waals surface area contributed by atoms with Crippen molar-refractivity contribution in [2.75, 3.05) is 19.1 Å². The van der Waals surface area contributed by atoms with Crippen LogP contribution in [0.5, 0.6) is 5.75 Å². The molecular weight excluding hydrogens is 498 g/mol. The van der Waals surface area contributed by atoms with E-state index in [1.807, 2.05) is 53.4 Å². The summed E-state index contributed by atoms with van der Waals surface area (Å²) >= 11 is 12.2. The van der Waals surface area contributed by atoms with Crippen molar-refractivity contribution in [1.82, 2.24) is 10.3 Å². The van der Waals surface area contributed by atoms with Crippen LogP contribution in [0.1, 0.15) is 33.9 Å².